The summed E-state index contributed by atoms with van der Waals surface area (Å²) in [6.07, 6.45) is 0.759. The van der Waals surface area contributed by atoms with Crippen LogP contribution in [0.3, 0.4) is 0 Å². The van der Waals surface area contributed by atoms with E-state index in [4.69, 9.17) is 20.4 Å². The Hall–Kier alpha value is -0.990. The van der Waals surface area contributed by atoms with E-state index in [2.05, 4.69) is 11.3 Å². The summed E-state index contributed by atoms with van der Waals surface area (Å²) in [5, 5.41) is 45.7. The fourth-order valence-corrected chi connectivity index (χ4v) is 1.08. The highest BCUT2D eigenvalue weighted by Crippen LogP contribution is 2.26. The number of ether oxygens (including phenoxy) is 1. The topological polar surface area (TPSA) is 127 Å². The van der Waals surface area contributed by atoms with Crippen LogP contribution >= 0.6 is 0 Å². The maximum absolute atomic E-state index is 11.0. The number of hydrogen-bond donors (Lipinski definition) is 5. The van der Waals surface area contributed by atoms with Gasteiger partial charge in [-0.15, -0.1) is 0 Å². The minimum absolute atomic E-state index is 0.759. The molecule has 0 fully saturated rings. The summed E-state index contributed by atoms with van der Waals surface area (Å²) < 4.78 is 4.61. The van der Waals surface area contributed by atoms with Crippen molar-refractivity contribution in [2.75, 3.05) is 26.4 Å². The molecule has 0 bridgehead atoms. The van der Waals surface area contributed by atoms with E-state index in [1.807, 2.05) is 0 Å². The van der Waals surface area contributed by atoms with Crippen LogP contribution in [0.2, 0.25) is 0 Å². The van der Waals surface area contributed by atoms with Gasteiger partial charge < -0.3 is 30.3 Å². The van der Waals surface area contributed by atoms with E-state index in [1.165, 1.54) is 0 Å². The number of hydrogen-bond acceptors (Lipinski definition) is 7. The number of carbonyl (C=O) groups is 1. The fraction of sp³-hybridized carbons (Fsp3) is 0.667. The van der Waals surface area contributed by atoms with Crippen LogP contribution in [0.25, 0.3) is 0 Å². The molecule has 7 nitrogen and oxygen atoms in total. The summed E-state index contributed by atoms with van der Waals surface area (Å²) in [6, 6.07) is 0. The van der Waals surface area contributed by atoms with Crippen molar-refractivity contribution in [3.8, 4) is 0 Å². The van der Waals surface area contributed by atoms with Crippen LogP contribution in [0.1, 0.15) is 0 Å². The second-order valence-corrected chi connectivity index (χ2v) is 3.28. The first-order valence-corrected chi connectivity index (χ1v) is 4.46. The zero-order valence-corrected chi connectivity index (χ0v) is 8.67. The largest absolute Gasteiger partial charge is 0.448 e. The highest BCUT2D eigenvalue weighted by atomic mass is 16.6. The van der Waals surface area contributed by atoms with Crippen LogP contribution in [0, 0.1) is 0 Å². The first-order chi connectivity index (χ1) is 7.45. The van der Waals surface area contributed by atoms with Gasteiger partial charge in [0.1, 0.15) is 0 Å². The molecule has 0 aliphatic rings. The van der Waals surface area contributed by atoms with Crippen molar-refractivity contribution >= 4 is 5.97 Å². The number of rotatable bonds is 7. The van der Waals surface area contributed by atoms with Crippen molar-refractivity contribution in [2.24, 2.45) is 0 Å². The second kappa shape index (κ2) is 5.92. The number of aliphatic hydroxyl groups excluding tert-OH is 4. The van der Waals surface area contributed by atoms with Gasteiger partial charge in [-0.05, 0) is 0 Å². The first-order valence-electron chi connectivity index (χ1n) is 4.46. The first kappa shape index (κ1) is 15.0. The van der Waals surface area contributed by atoms with E-state index in [0.717, 1.165) is 6.08 Å². The molecule has 0 saturated heterocycles. The smallest absolute Gasteiger partial charge is 0.330 e. The average Bonchev–Trinajstić information content (AvgIpc) is 2.34. The van der Waals surface area contributed by atoms with Crippen LogP contribution < -0.4 is 0 Å². The van der Waals surface area contributed by atoms with Gasteiger partial charge in [0.25, 0.3) is 0 Å². The van der Waals surface area contributed by atoms with Crippen LogP contribution in [0.5, 0.6) is 0 Å². The van der Waals surface area contributed by atoms with Crippen LogP contribution in [0.15, 0.2) is 12.7 Å². The third-order valence-electron chi connectivity index (χ3n) is 2.34. The Kier molecular flexibility index (Phi) is 5.56. The van der Waals surface area contributed by atoms with Gasteiger partial charge in [0.15, 0.2) is 11.2 Å². The summed E-state index contributed by atoms with van der Waals surface area (Å²) in [7, 11) is 0. The molecule has 0 amide bonds. The van der Waals surface area contributed by atoms with Crippen LogP contribution in [-0.4, -0.2) is 69.1 Å². The van der Waals surface area contributed by atoms with Gasteiger partial charge in [-0.25, -0.2) is 4.79 Å². The summed E-state index contributed by atoms with van der Waals surface area (Å²) in [4.78, 5) is 11.0. The molecule has 0 aliphatic heterocycles. The van der Waals surface area contributed by atoms with Gasteiger partial charge in [0.2, 0.25) is 0 Å². The molecule has 0 spiro atoms. The van der Waals surface area contributed by atoms with Crippen molar-refractivity contribution < 1.29 is 35.1 Å². The maximum atomic E-state index is 11.0. The summed E-state index contributed by atoms with van der Waals surface area (Å²) in [6.45, 7) is -0.850. The fourth-order valence-electron chi connectivity index (χ4n) is 1.08. The third-order valence-corrected chi connectivity index (χ3v) is 2.34. The molecule has 0 aromatic carbocycles. The summed E-state index contributed by atoms with van der Waals surface area (Å²) >= 11 is 0. The zero-order valence-electron chi connectivity index (χ0n) is 8.67. The van der Waals surface area contributed by atoms with E-state index in [0.29, 0.717) is 0 Å². The minimum atomic E-state index is -2.35. The molecule has 0 atom stereocenters. The highest BCUT2D eigenvalue weighted by molar-refractivity contribution is 5.81. The van der Waals surface area contributed by atoms with Gasteiger partial charge in [-0.1, -0.05) is 6.58 Å². The van der Waals surface area contributed by atoms with Gasteiger partial charge >= 0.3 is 5.97 Å². The van der Waals surface area contributed by atoms with Crippen LogP contribution in [-0.2, 0) is 9.53 Å². The SMILES string of the molecule is C=CC(=O)OC(CO)(CO)C(O)(CO)CO. The summed E-state index contributed by atoms with van der Waals surface area (Å²) in [5.41, 5.74) is -4.54. The zero-order chi connectivity index (χ0) is 12.8. The lowest BCUT2D eigenvalue weighted by Crippen LogP contribution is -2.65. The molecular weight excluding hydrogens is 220 g/mol. The summed E-state index contributed by atoms with van der Waals surface area (Å²) in [5.74, 6) is -1.01. The predicted molar refractivity (Wildman–Crippen MR) is 52.3 cm³/mol. The monoisotopic (exact) mass is 236 g/mol. The van der Waals surface area contributed by atoms with Crippen molar-refractivity contribution in [3.05, 3.63) is 12.7 Å². The molecule has 0 rings (SSSR count). The maximum Gasteiger partial charge on any atom is 0.330 e. The molecule has 0 radical (unpaired) electrons. The number of carbonyl (C=O) groups excluding carboxylic acids is 1. The molecule has 94 valence electrons. The van der Waals surface area contributed by atoms with E-state index < -0.39 is 43.6 Å². The Balaban J connectivity index is 5.21. The highest BCUT2D eigenvalue weighted by Gasteiger charge is 2.52. The number of aliphatic hydroxyl groups is 5. The molecule has 0 heterocycles. The lowest BCUT2D eigenvalue weighted by Gasteiger charge is -2.41. The third kappa shape index (κ3) is 2.57. The van der Waals surface area contributed by atoms with Gasteiger partial charge in [-0.2, -0.15) is 0 Å². The standard InChI is InChI=1S/C9H16O7/c1-2-7(14)16-9(5-12,6-13)8(15,3-10)4-11/h2,10-13,15H,1,3-6H2. The molecule has 0 aromatic rings. The van der Waals surface area contributed by atoms with Gasteiger partial charge in [-0.3, -0.25) is 0 Å². The van der Waals surface area contributed by atoms with Crippen molar-refractivity contribution in [3.63, 3.8) is 0 Å². The Bertz CT molecular complexity index is 242. The van der Waals surface area contributed by atoms with E-state index in [9.17, 15) is 9.90 Å². The van der Waals surface area contributed by atoms with E-state index in [-0.39, 0.29) is 0 Å². The molecular formula is C9H16O7. The molecule has 0 saturated carbocycles. The predicted octanol–water partition coefficient (Wildman–Crippen LogP) is -2.85. The minimum Gasteiger partial charge on any atom is -0.448 e. The van der Waals surface area contributed by atoms with E-state index >= 15 is 0 Å². The lowest BCUT2D eigenvalue weighted by molar-refractivity contribution is -0.235. The molecule has 0 aromatic heterocycles. The quantitative estimate of drug-likeness (QED) is 0.238. The second-order valence-electron chi connectivity index (χ2n) is 3.28. The molecule has 0 unspecified atom stereocenters. The van der Waals surface area contributed by atoms with Crippen molar-refractivity contribution in [1.82, 2.24) is 0 Å². The molecule has 0 aliphatic carbocycles. The molecule has 5 N–H and O–H groups in total. The Labute approximate surface area is 92.2 Å². The van der Waals surface area contributed by atoms with E-state index in [1.54, 1.807) is 0 Å². The van der Waals surface area contributed by atoms with Gasteiger partial charge in [0.05, 0.1) is 26.4 Å². The normalized spacial score (nSPS) is 12.3. The molecule has 16 heavy (non-hydrogen) atoms. The molecule has 7 heteroatoms. The van der Waals surface area contributed by atoms with Gasteiger partial charge in [0, 0.05) is 6.08 Å². The lowest BCUT2D eigenvalue weighted by atomic mass is 9.84. The Morgan fingerprint density at radius 3 is 1.81 bits per heavy atom. The number of esters is 1. The Morgan fingerprint density at radius 2 is 1.56 bits per heavy atom. The average molecular weight is 236 g/mol. The van der Waals surface area contributed by atoms with Crippen LogP contribution in [0.4, 0.5) is 0 Å². The van der Waals surface area contributed by atoms with Crippen molar-refractivity contribution in [1.29, 1.82) is 0 Å². The van der Waals surface area contributed by atoms with Crippen molar-refractivity contribution in [2.45, 2.75) is 11.2 Å². The Morgan fingerprint density at radius 1 is 1.12 bits per heavy atom.